The molecule has 488 valence electrons. The van der Waals surface area contributed by atoms with Gasteiger partial charge in [-0.25, -0.2) is 0 Å². The van der Waals surface area contributed by atoms with E-state index in [4.69, 9.17) is 47.4 Å². The number of allylic oxidation sites excluding steroid dienone is 1. The van der Waals surface area contributed by atoms with Gasteiger partial charge in [-0.1, -0.05) is 46.8 Å². The van der Waals surface area contributed by atoms with Crippen LogP contribution in [0.3, 0.4) is 0 Å². The Morgan fingerprint density at radius 1 is 0.529 bits per heavy atom. The van der Waals surface area contributed by atoms with Crippen molar-refractivity contribution in [1.82, 2.24) is 0 Å². The lowest BCUT2D eigenvalue weighted by Crippen LogP contribution is -2.67. The van der Waals surface area contributed by atoms with E-state index in [1.54, 1.807) is 0 Å². The van der Waals surface area contributed by atoms with Gasteiger partial charge in [0.1, 0.15) is 97.7 Å². The van der Waals surface area contributed by atoms with Gasteiger partial charge in [0.2, 0.25) is 6.29 Å². The van der Waals surface area contributed by atoms with E-state index >= 15 is 4.79 Å². The molecule has 34 unspecified atom stereocenters. The van der Waals surface area contributed by atoms with Crippen LogP contribution in [0.2, 0.25) is 0 Å². The molecule has 0 bridgehead atoms. The first-order chi connectivity index (χ1) is 39.9. The molecule has 0 aromatic rings. The number of carbonyl (C=O) groups excluding carboxylic acids is 1. The Balaban J connectivity index is 0.813. The summed E-state index contributed by atoms with van der Waals surface area (Å²) in [5.41, 5.74) is -1.19. The molecular formula is C59H96O26. The van der Waals surface area contributed by atoms with E-state index in [0.717, 1.165) is 37.7 Å². The molecule has 0 radical (unpaired) electrons. The Morgan fingerprint density at radius 2 is 1.12 bits per heavy atom. The lowest BCUT2D eigenvalue weighted by molar-refractivity contribution is -0.380. The highest BCUT2D eigenvalue weighted by Gasteiger charge is 2.73. The third kappa shape index (κ3) is 11.1. The number of fused-ring (bicyclic) bond motifs is 7. The molecule has 85 heavy (non-hydrogen) atoms. The normalized spacial score (nSPS) is 55.1. The fourth-order valence-electron chi connectivity index (χ4n) is 18.5. The molecule has 10 fully saturated rings. The molecule has 5 aliphatic heterocycles. The maximum Gasteiger partial charge on any atom is 0.314 e. The predicted molar refractivity (Wildman–Crippen MR) is 288 cm³/mol. The quantitative estimate of drug-likeness (QED) is 0.0492. The fourth-order valence-corrected chi connectivity index (χ4v) is 18.5. The number of hydrogen-bond acceptors (Lipinski definition) is 26. The summed E-state index contributed by atoms with van der Waals surface area (Å²) in [5.74, 6) is -0.395. The maximum absolute atomic E-state index is 15.2. The topological polar surface area (TPSA) is 413 Å². The summed E-state index contributed by atoms with van der Waals surface area (Å²) in [6.07, 6.45) is -31.6. The number of aliphatic hydroxyl groups excluding tert-OH is 15. The van der Waals surface area contributed by atoms with Gasteiger partial charge >= 0.3 is 5.97 Å². The number of carbonyl (C=O) groups is 1. The number of rotatable bonds is 14. The largest absolute Gasteiger partial charge is 0.432 e. The molecule has 0 aromatic carbocycles. The van der Waals surface area contributed by atoms with Crippen LogP contribution in [0.5, 0.6) is 0 Å². The predicted octanol–water partition coefficient (Wildman–Crippen LogP) is -2.34. The monoisotopic (exact) mass is 1220 g/mol. The summed E-state index contributed by atoms with van der Waals surface area (Å²) in [6, 6.07) is 0. The zero-order valence-electron chi connectivity index (χ0n) is 49.6. The molecule has 5 aliphatic carbocycles. The molecule has 5 heterocycles. The van der Waals surface area contributed by atoms with Crippen molar-refractivity contribution in [3.8, 4) is 0 Å². The molecule has 0 aromatic heterocycles. The zero-order valence-corrected chi connectivity index (χ0v) is 49.6. The lowest BCUT2D eigenvalue weighted by atomic mass is 9.32. The van der Waals surface area contributed by atoms with Gasteiger partial charge in [-0.3, -0.25) is 4.79 Å². The molecule has 26 nitrogen and oxygen atoms in total. The van der Waals surface area contributed by atoms with Crippen molar-refractivity contribution < 1.29 is 129 Å². The minimum Gasteiger partial charge on any atom is -0.432 e. The molecule has 15 N–H and O–H groups in total. The minimum absolute atomic E-state index is 0.0394. The molecule has 5 saturated heterocycles. The Morgan fingerprint density at radius 3 is 1.78 bits per heavy atom. The summed E-state index contributed by atoms with van der Waals surface area (Å²) in [7, 11) is 0. The SMILES string of the molecule is C=C(C)C1CCC2(C(=O)OC3OC(COC4OC(CO)C(OC5OC(C)C(O)C(O)C5O)C(O)C4O)C(O)C(O)C3O)CCC3(C)C(CCC4C5(C)CCC(OC6OC(O)CC(O)C6OC6OC(CO)C(O)C(O)C6O)C(C)(C)C5CCC43C)C12. The highest BCUT2D eigenvalue weighted by molar-refractivity contribution is 5.78. The van der Waals surface area contributed by atoms with Crippen LogP contribution in [0.15, 0.2) is 12.2 Å². The molecule has 0 spiro atoms. The second kappa shape index (κ2) is 24.7. The van der Waals surface area contributed by atoms with Crippen LogP contribution in [0.1, 0.15) is 119 Å². The van der Waals surface area contributed by atoms with Gasteiger partial charge in [0.15, 0.2) is 31.5 Å². The third-order valence-electron chi connectivity index (χ3n) is 23.5. The number of esters is 1. The van der Waals surface area contributed by atoms with Crippen LogP contribution < -0.4 is 0 Å². The molecule has 26 heteroatoms. The molecule has 10 rings (SSSR count). The third-order valence-corrected chi connectivity index (χ3v) is 23.5. The van der Waals surface area contributed by atoms with Gasteiger partial charge in [-0.15, -0.1) is 0 Å². The number of aliphatic hydroxyl groups is 15. The second-order valence-corrected chi connectivity index (χ2v) is 28.1. The zero-order chi connectivity index (χ0) is 61.9. The smallest absolute Gasteiger partial charge is 0.314 e. The summed E-state index contributed by atoms with van der Waals surface area (Å²) in [4.78, 5) is 15.2. The van der Waals surface area contributed by atoms with Gasteiger partial charge in [-0.2, -0.15) is 0 Å². The Hall–Kier alpha value is -1.75. The summed E-state index contributed by atoms with van der Waals surface area (Å²) in [6.45, 7) is 17.3. The van der Waals surface area contributed by atoms with Gasteiger partial charge < -0.3 is 124 Å². The Kier molecular flexibility index (Phi) is 19.2. The molecule has 34 atom stereocenters. The molecule has 10 aliphatic rings. The summed E-state index contributed by atoms with van der Waals surface area (Å²) >= 11 is 0. The van der Waals surface area contributed by atoms with E-state index < -0.39 is 190 Å². The van der Waals surface area contributed by atoms with E-state index in [1.807, 2.05) is 6.92 Å². The first-order valence-corrected chi connectivity index (χ1v) is 30.7. The van der Waals surface area contributed by atoms with E-state index in [1.165, 1.54) is 6.92 Å². The Bertz CT molecular complexity index is 2330. The summed E-state index contributed by atoms with van der Waals surface area (Å²) in [5, 5.41) is 161. The Labute approximate surface area is 494 Å². The van der Waals surface area contributed by atoms with Crippen LogP contribution in [-0.2, 0) is 52.2 Å². The van der Waals surface area contributed by atoms with Crippen molar-refractivity contribution in [1.29, 1.82) is 0 Å². The van der Waals surface area contributed by atoms with E-state index in [0.29, 0.717) is 32.1 Å². The van der Waals surface area contributed by atoms with Crippen LogP contribution in [0, 0.1) is 56.7 Å². The highest BCUT2D eigenvalue weighted by Crippen LogP contribution is 2.78. The highest BCUT2D eigenvalue weighted by atomic mass is 16.8. The van der Waals surface area contributed by atoms with Gasteiger partial charge in [0.25, 0.3) is 0 Å². The van der Waals surface area contributed by atoms with Crippen LogP contribution in [-0.4, -0.2) is 256 Å². The average molecular weight is 1220 g/mol. The second-order valence-electron chi connectivity index (χ2n) is 28.1. The van der Waals surface area contributed by atoms with Crippen molar-refractivity contribution in [3.63, 3.8) is 0 Å². The maximum atomic E-state index is 15.2. The van der Waals surface area contributed by atoms with Crippen molar-refractivity contribution in [2.45, 2.75) is 273 Å². The van der Waals surface area contributed by atoms with Crippen LogP contribution in [0.25, 0.3) is 0 Å². The van der Waals surface area contributed by atoms with E-state index in [9.17, 15) is 76.6 Å². The lowest BCUT2D eigenvalue weighted by Gasteiger charge is -2.73. The summed E-state index contributed by atoms with van der Waals surface area (Å²) < 4.78 is 59.3. The number of hydrogen-bond donors (Lipinski definition) is 15. The first-order valence-electron chi connectivity index (χ1n) is 30.7. The van der Waals surface area contributed by atoms with Crippen LogP contribution in [0.4, 0.5) is 0 Å². The standard InChI is InChI=1S/C59H96O26/c1-23(2)25-11-16-59(54(75)85-52-45(73)41(69)38(66)30(80-52)22-76-49-46(74)42(70)48(29(21-61)79-49)84-50-43(71)39(67)36(64)24(3)77-50)18-17-57(7)26(35(25)59)9-10-32-56(6)14-13-33(55(4,5)31(56)12-15-58(32,57)8)81-53-47(27(62)19-34(63)82-53)83-51-44(72)40(68)37(65)28(20-60)78-51/h24-53,60-74H,1,9-22H2,2-8H3. The fraction of sp³-hybridized carbons (Fsp3) is 0.949. The molecule has 5 saturated carbocycles. The van der Waals surface area contributed by atoms with Crippen LogP contribution >= 0.6 is 0 Å². The van der Waals surface area contributed by atoms with Gasteiger partial charge in [-0.05, 0) is 129 Å². The average Bonchev–Trinajstić information content (AvgIpc) is 1.60. The molecule has 0 amide bonds. The van der Waals surface area contributed by atoms with Gasteiger partial charge in [0.05, 0.1) is 43.5 Å². The molecular weight excluding hydrogens is 1120 g/mol. The van der Waals surface area contributed by atoms with Crippen molar-refractivity contribution in [3.05, 3.63) is 12.2 Å². The van der Waals surface area contributed by atoms with Gasteiger partial charge in [0, 0.05) is 6.42 Å². The first kappa shape index (κ1) is 66.2. The number of ether oxygens (including phenoxy) is 10. The van der Waals surface area contributed by atoms with Crippen molar-refractivity contribution in [2.24, 2.45) is 56.7 Å². The van der Waals surface area contributed by atoms with Crippen molar-refractivity contribution in [2.75, 3.05) is 19.8 Å². The van der Waals surface area contributed by atoms with E-state index in [2.05, 4.69) is 41.2 Å². The minimum atomic E-state index is -1.89. The van der Waals surface area contributed by atoms with E-state index in [-0.39, 0.29) is 52.3 Å². The van der Waals surface area contributed by atoms with Crippen molar-refractivity contribution >= 4 is 5.97 Å².